The fourth-order valence-corrected chi connectivity index (χ4v) is 2.70. The summed E-state index contributed by atoms with van der Waals surface area (Å²) in [6, 6.07) is 3.56. The van der Waals surface area contributed by atoms with Crippen molar-refractivity contribution < 1.29 is 9.59 Å². The molecule has 1 aromatic rings. The molecule has 1 atom stereocenters. The number of carbonyl (C=O) groups excluding carboxylic acids is 2. The lowest BCUT2D eigenvalue weighted by molar-refractivity contribution is -0.118. The molecule has 1 aliphatic rings. The molecule has 1 unspecified atom stereocenters. The van der Waals surface area contributed by atoms with Crippen LogP contribution in [0.2, 0.25) is 0 Å². The highest BCUT2D eigenvalue weighted by Gasteiger charge is 2.28. The van der Waals surface area contributed by atoms with Crippen LogP contribution in [0.1, 0.15) is 43.1 Å². The molecule has 0 saturated carbocycles. The predicted molar refractivity (Wildman–Crippen MR) is 75.9 cm³/mol. The molecule has 1 aromatic heterocycles. The number of pyridine rings is 1. The molecule has 2 rings (SSSR count). The van der Waals surface area contributed by atoms with Gasteiger partial charge in [-0.05, 0) is 54.2 Å². The lowest BCUT2D eigenvalue weighted by Crippen LogP contribution is -2.44. The molecule has 102 valence electrons. The van der Waals surface area contributed by atoms with Gasteiger partial charge in [0.1, 0.15) is 11.5 Å². The third-order valence-corrected chi connectivity index (χ3v) is 3.83. The van der Waals surface area contributed by atoms with E-state index in [-0.39, 0.29) is 17.7 Å². The number of piperidine rings is 1. The zero-order valence-corrected chi connectivity index (χ0v) is 12.5. The van der Waals surface area contributed by atoms with Crippen LogP contribution in [-0.4, -0.2) is 34.2 Å². The second-order valence-electron chi connectivity index (χ2n) is 4.92. The maximum atomic E-state index is 12.4. The lowest BCUT2D eigenvalue weighted by atomic mass is 9.97. The molecule has 1 aliphatic heterocycles. The fourth-order valence-electron chi connectivity index (χ4n) is 2.46. The first-order valence-electron chi connectivity index (χ1n) is 6.50. The first kappa shape index (κ1) is 14.2. The van der Waals surface area contributed by atoms with Crippen molar-refractivity contribution in [1.29, 1.82) is 0 Å². The molecular formula is C14H17BrN2O2. The van der Waals surface area contributed by atoms with Crippen LogP contribution in [0.25, 0.3) is 0 Å². The molecule has 0 aliphatic carbocycles. The van der Waals surface area contributed by atoms with E-state index in [2.05, 4.69) is 20.9 Å². The predicted octanol–water partition coefficient (Wildman–Crippen LogP) is 2.82. The number of amides is 1. The van der Waals surface area contributed by atoms with Crippen molar-refractivity contribution in [2.24, 2.45) is 0 Å². The number of aromatic nitrogens is 1. The summed E-state index contributed by atoms with van der Waals surface area (Å²) in [4.78, 5) is 29.7. The third-order valence-electron chi connectivity index (χ3n) is 3.36. The number of rotatable bonds is 3. The van der Waals surface area contributed by atoms with Gasteiger partial charge in [0.25, 0.3) is 5.91 Å². The van der Waals surface area contributed by atoms with Gasteiger partial charge in [-0.15, -0.1) is 0 Å². The summed E-state index contributed by atoms with van der Waals surface area (Å²) in [6.45, 7) is 2.30. The Labute approximate surface area is 121 Å². The fraction of sp³-hybridized carbons (Fsp3) is 0.500. The Morgan fingerprint density at radius 2 is 2.21 bits per heavy atom. The zero-order valence-electron chi connectivity index (χ0n) is 10.9. The lowest BCUT2D eigenvalue weighted by Gasteiger charge is -2.35. The Bertz CT molecular complexity index is 473. The second kappa shape index (κ2) is 6.28. The van der Waals surface area contributed by atoms with Crippen molar-refractivity contribution in [3.63, 3.8) is 0 Å². The average molecular weight is 325 g/mol. The van der Waals surface area contributed by atoms with Crippen molar-refractivity contribution in [3.8, 4) is 0 Å². The van der Waals surface area contributed by atoms with Crippen molar-refractivity contribution in [3.05, 3.63) is 28.5 Å². The van der Waals surface area contributed by atoms with E-state index in [4.69, 9.17) is 0 Å². The summed E-state index contributed by atoms with van der Waals surface area (Å²) >= 11 is 3.30. The Morgan fingerprint density at radius 1 is 1.42 bits per heavy atom. The van der Waals surface area contributed by atoms with E-state index in [1.54, 1.807) is 24.1 Å². The number of halogens is 1. The highest BCUT2D eigenvalue weighted by Crippen LogP contribution is 2.22. The van der Waals surface area contributed by atoms with E-state index >= 15 is 0 Å². The molecule has 1 amide bonds. The second-order valence-corrected chi connectivity index (χ2v) is 5.83. The van der Waals surface area contributed by atoms with Gasteiger partial charge in [-0.2, -0.15) is 0 Å². The molecule has 0 radical (unpaired) electrons. The molecule has 19 heavy (non-hydrogen) atoms. The Hall–Kier alpha value is -1.23. The van der Waals surface area contributed by atoms with Crippen LogP contribution in [0.5, 0.6) is 0 Å². The monoisotopic (exact) mass is 324 g/mol. The average Bonchev–Trinajstić information content (AvgIpc) is 2.39. The summed E-state index contributed by atoms with van der Waals surface area (Å²) < 4.78 is 0.850. The van der Waals surface area contributed by atoms with Gasteiger partial charge in [0.15, 0.2) is 0 Å². The quantitative estimate of drug-likeness (QED) is 0.859. The van der Waals surface area contributed by atoms with Gasteiger partial charge in [0, 0.05) is 29.7 Å². The van der Waals surface area contributed by atoms with Gasteiger partial charge in [-0.25, -0.2) is 4.98 Å². The normalized spacial score (nSPS) is 19.3. The molecule has 0 bridgehead atoms. The Morgan fingerprint density at radius 3 is 2.84 bits per heavy atom. The first-order valence-corrected chi connectivity index (χ1v) is 7.29. The zero-order chi connectivity index (χ0) is 13.8. The molecule has 2 heterocycles. The Balaban J connectivity index is 2.15. The van der Waals surface area contributed by atoms with Crippen LogP contribution in [0, 0.1) is 0 Å². The maximum Gasteiger partial charge on any atom is 0.272 e. The van der Waals surface area contributed by atoms with Crippen molar-refractivity contribution in [2.75, 3.05) is 6.54 Å². The van der Waals surface area contributed by atoms with Crippen LogP contribution in [0.3, 0.4) is 0 Å². The van der Waals surface area contributed by atoms with Crippen LogP contribution in [-0.2, 0) is 4.79 Å². The number of Topliss-reactive ketones (excluding diaryl/α,β-unsaturated/α-hetero) is 1. The van der Waals surface area contributed by atoms with Crippen LogP contribution < -0.4 is 0 Å². The first-order chi connectivity index (χ1) is 9.08. The number of hydrogen-bond acceptors (Lipinski definition) is 3. The van der Waals surface area contributed by atoms with Gasteiger partial charge in [-0.3, -0.25) is 9.59 Å². The number of likely N-dealkylation sites (tertiary alicyclic amines) is 1. The smallest absolute Gasteiger partial charge is 0.272 e. The highest BCUT2D eigenvalue weighted by atomic mass is 79.9. The van der Waals surface area contributed by atoms with Crippen molar-refractivity contribution >= 4 is 27.6 Å². The summed E-state index contributed by atoms with van der Waals surface area (Å²) in [7, 11) is 0. The summed E-state index contributed by atoms with van der Waals surface area (Å²) in [5.74, 6) is 0.0620. The van der Waals surface area contributed by atoms with Crippen LogP contribution in [0.15, 0.2) is 22.8 Å². The molecule has 4 nitrogen and oxygen atoms in total. The molecule has 0 N–H and O–H groups in total. The third kappa shape index (κ3) is 3.62. The van der Waals surface area contributed by atoms with E-state index in [1.165, 1.54) is 0 Å². The van der Waals surface area contributed by atoms with Gasteiger partial charge in [0.05, 0.1) is 0 Å². The molecule has 1 fully saturated rings. The highest BCUT2D eigenvalue weighted by molar-refractivity contribution is 9.10. The van der Waals surface area contributed by atoms with Gasteiger partial charge >= 0.3 is 0 Å². The minimum absolute atomic E-state index is 0.0317. The summed E-state index contributed by atoms with van der Waals surface area (Å²) in [6.07, 6.45) is 5.05. The van der Waals surface area contributed by atoms with Gasteiger partial charge < -0.3 is 4.90 Å². The standard InChI is InChI=1S/C14H17BrN2O2/c1-10(18)8-12-4-2-3-7-17(12)14(19)13-6-5-11(15)9-16-13/h5-6,9,12H,2-4,7-8H2,1H3. The molecule has 5 heteroatoms. The molecule has 1 saturated heterocycles. The van der Waals surface area contributed by atoms with E-state index in [9.17, 15) is 9.59 Å². The van der Waals surface area contributed by atoms with Gasteiger partial charge in [-0.1, -0.05) is 0 Å². The van der Waals surface area contributed by atoms with Gasteiger partial charge in [0.2, 0.25) is 0 Å². The number of nitrogens with zero attached hydrogens (tertiary/aromatic N) is 2. The maximum absolute atomic E-state index is 12.4. The minimum Gasteiger partial charge on any atom is -0.334 e. The minimum atomic E-state index is -0.0709. The van der Waals surface area contributed by atoms with E-state index < -0.39 is 0 Å². The van der Waals surface area contributed by atoms with Crippen LogP contribution >= 0.6 is 15.9 Å². The van der Waals surface area contributed by atoms with E-state index in [0.29, 0.717) is 18.7 Å². The van der Waals surface area contributed by atoms with Crippen LogP contribution in [0.4, 0.5) is 0 Å². The Kier molecular flexibility index (Phi) is 4.69. The van der Waals surface area contributed by atoms with Crippen molar-refractivity contribution in [2.45, 2.75) is 38.6 Å². The molecule has 0 spiro atoms. The topological polar surface area (TPSA) is 50.3 Å². The number of carbonyl (C=O) groups is 2. The summed E-state index contributed by atoms with van der Waals surface area (Å²) in [5, 5.41) is 0. The molecular weight excluding hydrogens is 308 g/mol. The van der Waals surface area contributed by atoms with E-state index in [0.717, 1.165) is 23.7 Å². The van der Waals surface area contributed by atoms with E-state index in [1.807, 2.05) is 6.07 Å². The number of hydrogen-bond donors (Lipinski definition) is 0. The molecule has 0 aromatic carbocycles. The number of ketones is 1. The largest absolute Gasteiger partial charge is 0.334 e. The van der Waals surface area contributed by atoms with Crippen molar-refractivity contribution in [1.82, 2.24) is 9.88 Å². The SMILES string of the molecule is CC(=O)CC1CCCCN1C(=O)c1ccc(Br)cn1. The summed E-state index contributed by atoms with van der Waals surface area (Å²) in [5.41, 5.74) is 0.443.